The van der Waals surface area contributed by atoms with E-state index in [2.05, 4.69) is 19.2 Å². The number of hydrogen-bond donors (Lipinski definition) is 3. The second kappa shape index (κ2) is 8.25. The lowest BCUT2D eigenvalue weighted by Crippen LogP contribution is -2.49. The standard InChI is InChI=1S/C15H30N2O3/c1-10(2)11(8-9-16)6-7-12(18)17-13(14(19)20)15(3,4)5/h10-11,13H,6-9,16H2,1-5H3,(H,17,18)(H,19,20). The summed E-state index contributed by atoms with van der Waals surface area (Å²) in [4.78, 5) is 23.1. The maximum atomic E-state index is 11.9. The Morgan fingerprint density at radius 3 is 2.10 bits per heavy atom. The quantitative estimate of drug-likeness (QED) is 0.636. The first kappa shape index (κ1) is 18.9. The molecule has 2 unspecified atom stereocenters. The fourth-order valence-electron chi connectivity index (χ4n) is 2.22. The minimum Gasteiger partial charge on any atom is -0.480 e. The van der Waals surface area contributed by atoms with Crippen molar-refractivity contribution in [1.82, 2.24) is 5.32 Å². The van der Waals surface area contributed by atoms with Crippen LogP contribution < -0.4 is 11.1 Å². The van der Waals surface area contributed by atoms with Gasteiger partial charge in [0.25, 0.3) is 0 Å². The molecule has 0 aromatic heterocycles. The normalized spacial score (nSPS) is 14.9. The summed E-state index contributed by atoms with van der Waals surface area (Å²) in [5.41, 5.74) is 5.07. The van der Waals surface area contributed by atoms with Crippen LogP contribution in [0, 0.1) is 17.3 Å². The number of nitrogens with one attached hydrogen (secondary N) is 1. The molecule has 1 amide bonds. The molecule has 0 radical (unpaired) electrons. The van der Waals surface area contributed by atoms with Gasteiger partial charge in [-0.05, 0) is 36.6 Å². The first-order valence-electron chi connectivity index (χ1n) is 7.31. The lowest BCUT2D eigenvalue weighted by atomic mass is 9.86. The second-order valence-electron chi connectivity index (χ2n) is 6.82. The zero-order valence-corrected chi connectivity index (χ0v) is 13.4. The van der Waals surface area contributed by atoms with Crippen molar-refractivity contribution in [3.63, 3.8) is 0 Å². The number of carbonyl (C=O) groups excluding carboxylic acids is 1. The average molecular weight is 286 g/mol. The molecule has 0 aliphatic heterocycles. The third-order valence-electron chi connectivity index (χ3n) is 3.64. The zero-order chi connectivity index (χ0) is 15.9. The molecule has 0 aromatic rings. The van der Waals surface area contributed by atoms with E-state index < -0.39 is 17.4 Å². The molecule has 5 heteroatoms. The van der Waals surface area contributed by atoms with Crippen LogP contribution in [0.15, 0.2) is 0 Å². The monoisotopic (exact) mass is 286 g/mol. The Morgan fingerprint density at radius 1 is 1.20 bits per heavy atom. The summed E-state index contributed by atoms with van der Waals surface area (Å²) < 4.78 is 0. The van der Waals surface area contributed by atoms with Crippen molar-refractivity contribution < 1.29 is 14.7 Å². The fraction of sp³-hybridized carbons (Fsp3) is 0.867. The number of amides is 1. The molecule has 0 saturated heterocycles. The van der Waals surface area contributed by atoms with Crippen LogP contribution in [0.3, 0.4) is 0 Å². The van der Waals surface area contributed by atoms with Gasteiger partial charge in [0.1, 0.15) is 6.04 Å². The molecular formula is C15H30N2O3. The predicted octanol–water partition coefficient (Wildman–Crippen LogP) is 2.00. The van der Waals surface area contributed by atoms with Gasteiger partial charge in [-0.2, -0.15) is 0 Å². The SMILES string of the molecule is CC(C)C(CCN)CCC(=O)NC(C(=O)O)C(C)(C)C. The number of carboxylic acid groups (broad SMARTS) is 1. The number of hydrogen-bond acceptors (Lipinski definition) is 3. The van der Waals surface area contributed by atoms with Gasteiger partial charge in [0, 0.05) is 6.42 Å². The van der Waals surface area contributed by atoms with Crippen LogP contribution >= 0.6 is 0 Å². The highest BCUT2D eigenvalue weighted by molar-refractivity contribution is 5.84. The molecule has 0 saturated carbocycles. The molecule has 0 spiro atoms. The Kier molecular flexibility index (Phi) is 7.79. The van der Waals surface area contributed by atoms with E-state index in [1.165, 1.54) is 0 Å². The maximum absolute atomic E-state index is 11.9. The van der Waals surface area contributed by atoms with E-state index in [4.69, 9.17) is 5.73 Å². The topological polar surface area (TPSA) is 92.4 Å². The Hall–Kier alpha value is -1.10. The minimum atomic E-state index is -0.992. The Balaban J connectivity index is 4.44. The van der Waals surface area contributed by atoms with E-state index >= 15 is 0 Å². The highest BCUT2D eigenvalue weighted by Crippen LogP contribution is 2.22. The maximum Gasteiger partial charge on any atom is 0.326 e. The van der Waals surface area contributed by atoms with Crippen LogP contribution in [0.4, 0.5) is 0 Å². The number of aliphatic carboxylic acids is 1. The molecule has 20 heavy (non-hydrogen) atoms. The molecule has 4 N–H and O–H groups in total. The van der Waals surface area contributed by atoms with Crippen molar-refractivity contribution in [3.8, 4) is 0 Å². The Bertz CT molecular complexity index is 322. The summed E-state index contributed by atoms with van der Waals surface area (Å²) >= 11 is 0. The van der Waals surface area contributed by atoms with Crippen molar-refractivity contribution in [1.29, 1.82) is 0 Å². The Morgan fingerprint density at radius 2 is 1.75 bits per heavy atom. The van der Waals surface area contributed by atoms with Crippen LogP contribution in [-0.4, -0.2) is 29.6 Å². The summed E-state index contributed by atoms with van der Waals surface area (Å²) in [6.07, 6.45) is 1.99. The number of carbonyl (C=O) groups is 2. The smallest absolute Gasteiger partial charge is 0.326 e. The average Bonchev–Trinajstić information content (AvgIpc) is 2.29. The summed E-state index contributed by atoms with van der Waals surface area (Å²) in [6, 6.07) is -0.859. The van der Waals surface area contributed by atoms with E-state index in [-0.39, 0.29) is 5.91 Å². The first-order chi connectivity index (χ1) is 9.09. The van der Waals surface area contributed by atoms with Crippen LogP contribution in [0.2, 0.25) is 0 Å². The second-order valence-corrected chi connectivity index (χ2v) is 6.82. The zero-order valence-electron chi connectivity index (χ0n) is 13.4. The lowest BCUT2D eigenvalue weighted by Gasteiger charge is -2.28. The molecule has 0 aliphatic carbocycles. The lowest BCUT2D eigenvalue weighted by molar-refractivity contribution is -0.145. The molecule has 0 fully saturated rings. The van der Waals surface area contributed by atoms with Gasteiger partial charge in [0.15, 0.2) is 0 Å². The minimum absolute atomic E-state index is 0.199. The molecule has 0 aromatic carbocycles. The predicted molar refractivity (Wildman–Crippen MR) is 80.3 cm³/mol. The summed E-state index contributed by atoms with van der Waals surface area (Å²) in [7, 11) is 0. The molecule has 0 heterocycles. The van der Waals surface area contributed by atoms with E-state index in [0.29, 0.717) is 24.8 Å². The van der Waals surface area contributed by atoms with Gasteiger partial charge >= 0.3 is 5.97 Å². The van der Waals surface area contributed by atoms with Crippen LogP contribution in [0.5, 0.6) is 0 Å². The molecule has 0 aliphatic rings. The van der Waals surface area contributed by atoms with Crippen molar-refractivity contribution in [2.75, 3.05) is 6.54 Å². The van der Waals surface area contributed by atoms with E-state index in [1.807, 2.05) is 0 Å². The van der Waals surface area contributed by atoms with E-state index in [0.717, 1.165) is 12.8 Å². The van der Waals surface area contributed by atoms with Gasteiger partial charge in [-0.3, -0.25) is 4.79 Å². The van der Waals surface area contributed by atoms with Gasteiger partial charge in [-0.25, -0.2) is 4.79 Å². The van der Waals surface area contributed by atoms with Crippen molar-refractivity contribution in [3.05, 3.63) is 0 Å². The molecule has 0 rings (SSSR count). The van der Waals surface area contributed by atoms with Gasteiger partial charge < -0.3 is 16.2 Å². The third-order valence-corrected chi connectivity index (χ3v) is 3.64. The highest BCUT2D eigenvalue weighted by Gasteiger charge is 2.32. The summed E-state index contributed by atoms with van der Waals surface area (Å²) in [5, 5.41) is 11.8. The molecule has 2 atom stereocenters. The number of nitrogens with two attached hydrogens (primary N) is 1. The molecule has 5 nitrogen and oxygen atoms in total. The first-order valence-corrected chi connectivity index (χ1v) is 7.31. The molecule has 118 valence electrons. The van der Waals surface area contributed by atoms with Crippen molar-refractivity contribution in [2.24, 2.45) is 23.0 Å². The van der Waals surface area contributed by atoms with Crippen molar-refractivity contribution in [2.45, 2.75) is 59.9 Å². The largest absolute Gasteiger partial charge is 0.480 e. The van der Waals surface area contributed by atoms with Crippen LogP contribution in [-0.2, 0) is 9.59 Å². The Labute approximate surface area is 122 Å². The molecule has 0 bridgehead atoms. The molecular weight excluding hydrogens is 256 g/mol. The van der Waals surface area contributed by atoms with Gasteiger partial charge in [-0.1, -0.05) is 34.6 Å². The summed E-state index contributed by atoms with van der Waals surface area (Å²) in [5.74, 6) is -0.309. The van der Waals surface area contributed by atoms with Crippen molar-refractivity contribution >= 4 is 11.9 Å². The van der Waals surface area contributed by atoms with E-state index in [1.54, 1.807) is 20.8 Å². The van der Waals surface area contributed by atoms with Gasteiger partial charge in [0.2, 0.25) is 5.91 Å². The van der Waals surface area contributed by atoms with E-state index in [9.17, 15) is 14.7 Å². The highest BCUT2D eigenvalue weighted by atomic mass is 16.4. The van der Waals surface area contributed by atoms with Crippen LogP contribution in [0.25, 0.3) is 0 Å². The van der Waals surface area contributed by atoms with Crippen LogP contribution in [0.1, 0.15) is 53.9 Å². The fourth-order valence-corrected chi connectivity index (χ4v) is 2.22. The third kappa shape index (κ3) is 6.89. The van der Waals surface area contributed by atoms with Gasteiger partial charge in [0.05, 0.1) is 0 Å². The number of carboxylic acids is 1. The van der Waals surface area contributed by atoms with Gasteiger partial charge in [-0.15, -0.1) is 0 Å². The summed E-state index contributed by atoms with van der Waals surface area (Å²) in [6.45, 7) is 10.3. The number of rotatable bonds is 8.